The Labute approximate surface area is 170 Å². The molecule has 2 heterocycles. The lowest BCUT2D eigenvalue weighted by Crippen LogP contribution is -2.44. The van der Waals surface area contributed by atoms with Crippen molar-refractivity contribution in [1.82, 2.24) is 15.7 Å². The van der Waals surface area contributed by atoms with Crippen LogP contribution in [0.1, 0.15) is 41.5 Å². The molecule has 0 unspecified atom stereocenters. The molecule has 4 rings (SSSR count). The number of fused-ring (bicyclic) bond motifs is 1. The number of likely N-dealkylation sites (tertiary alicyclic amines) is 1. The van der Waals surface area contributed by atoms with E-state index in [0.29, 0.717) is 17.7 Å². The van der Waals surface area contributed by atoms with E-state index >= 15 is 0 Å². The van der Waals surface area contributed by atoms with E-state index in [-0.39, 0.29) is 24.3 Å². The fourth-order valence-electron chi connectivity index (χ4n) is 3.72. The van der Waals surface area contributed by atoms with Gasteiger partial charge in [-0.15, -0.1) is 12.4 Å². The summed E-state index contributed by atoms with van der Waals surface area (Å²) in [6.07, 6.45) is 3.73. The average molecular weight is 406 g/mol. The zero-order valence-electron chi connectivity index (χ0n) is 15.7. The smallest absolute Gasteiger partial charge is 0.350 e. The molecular formula is C21H25ClFN3O2. The van der Waals surface area contributed by atoms with Crippen LogP contribution < -0.4 is 15.6 Å². The van der Waals surface area contributed by atoms with Crippen LogP contribution >= 0.6 is 12.4 Å². The van der Waals surface area contributed by atoms with E-state index in [9.17, 15) is 9.18 Å². The summed E-state index contributed by atoms with van der Waals surface area (Å²) in [5.74, 6) is 0.155. The van der Waals surface area contributed by atoms with Gasteiger partial charge >= 0.3 is 6.03 Å². The number of hydroxylamine groups is 1. The van der Waals surface area contributed by atoms with E-state index in [2.05, 4.69) is 29.0 Å². The molecule has 2 aromatic rings. The molecule has 2 aromatic carbocycles. The molecule has 1 saturated heterocycles. The van der Waals surface area contributed by atoms with Crippen LogP contribution in [0.2, 0.25) is 0 Å². The highest BCUT2D eigenvalue weighted by atomic mass is 35.5. The number of halogens is 2. The molecule has 0 aromatic heterocycles. The topological polar surface area (TPSA) is 53.6 Å². The first-order valence-corrected chi connectivity index (χ1v) is 9.50. The van der Waals surface area contributed by atoms with Gasteiger partial charge in [0.25, 0.3) is 0 Å². The standard InChI is InChI=1S/C21H24FN3O2.ClH/c22-19-6-7-20(27-24-21(26)25-8-2-1-3-9-25)17(12-19)10-15-4-5-16-13-23-14-18(16)11-15;/h4-7,11-12,23H,1-3,8-10,13-14H2,(H,24,26);1H. The predicted octanol–water partition coefficient (Wildman–Crippen LogP) is 3.93. The number of benzene rings is 2. The van der Waals surface area contributed by atoms with Crippen LogP contribution in [0, 0.1) is 5.82 Å². The van der Waals surface area contributed by atoms with Crippen molar-refractivity contribution in [2.24, 2.45) is 0 Å². The number of amides is 2. The van der Waals surface area contributed by atoms with Gasteiger partial charge in [0.15, 0.2) is 5.75 Å². The average Bonchev–Trinajstić information content (AvgIpc) is 3.16. The first-order chi connectivity index (χ1) is 13.2. The maximum absolute atomic E-state index is 13.8. The van der Waals surface area contributed by atoms with E-state index in [1.54, 1.807) is 11.0 Å². The summed E-state index contributed by atoms with van der Waals surface area (Å²) in [5.41, 5.74) is 6.90. The highest BCUT2D eigenvalue weighted by Crippen LogP contribution is 2.25. The molecule has 0 bridgehead atoms. The number of nitrogens with one attached hydrogen (secondary N) is 2. The molecule has 0 spiro atoms. The van der Waals surface area contributed by atoms with Gasteiger partial charge in [0.05, 0.1) is 0 Å². The summed E-state index contributed by atoms with van der Waals surface area (Å²) in [6, 6.07) is 10.5. The number of piperidine rings is 1. The highest BCUT2D eigenvalue weighted by molar-refractivity contribution is 5.85. The fraction of sp³-hybridized carbons (Fsp3) is 0.381. The second kappa shape index (κ2) is 9.26. The maximum atomic E-state index is 13.8. The van der Waals surface area contributed by atoms with Crippen LogP contribution in [0.5, 0.6) is 5.75 Å². The SMILES string of the molecule is Cl.O=C(NOc1ccc(F)cc1Cc1ccc2c(c1)CNC2)N1CCCCC1. The number of nitrogens with zero attached hydrogens (tertiary/aromatic N) is 1. The maximum Gasteiger partial charge on any atom is 0.350 e. The lowest BCUT2D eigenvalue weighted by molar-refractivity contribution is 0.135. The van der Waals surface area contributed by atoms with Gasteiger partial charge in [-0.1, -0.05) is 18.2 Å². The minimum absolute atomic E-state index is 0. The van der Waals surface area contributed by atoms with Crippen molar-refractivity contribution in [2.45, 2.75) is 38.8 Å². The molecule has 0 aliphatic carbocycles. The molecule has 2 aliphatic heterocycles. The van der Waals surface area contributed by atoms with Gasteiger partial charge in [-0.05, 0) is 54.2 Å². The zero-order valence-corrected chi connectivity index (χ0v) is 16.5. The molecule has 1 fully saturated rings. The van der Waals surface area contributed by atoms with E-state index in [1.807, 2.05) is 0 Å². The van der Waals surface area contributed by atoms with Gasteiger partial charge in [0.1, 0.15) is 5.82 Å². The molecule has 0 radical (unpaired) electrons. The Morgan fingerprint density at radius 1 is 1.07 bits per heavy atom. The molecule has 5 nitrogen and oxygen atoms in total. The minimum atomic E-state index is -0.317. The Balaban J connectivity index is 0.00000225. The van der Waals surface area contributed by atoms with Gasteiger partial charge in [-0.3, -0.25) is 0 Å². The molecule has 2 N–H and O–H groups in total. The third kappa shape index (κ3) is 4.75. The normalized spacial score (nSPS) is 15.5. The second-order valence-corrected chi connectivity index (χ2v) is 7.19. The predicted molar refractivity (Wildman–Crippen MR) is 108 cm³/mol. The van der Waals surface area contributed by atoms with Gasteiger partial charge in [0, 0.05) is 38.2 Å². The van der Waals surface area contributed by atoms with Gasteiger partial charge < -0.3 is 15.1 Å². The van der Waals surface area contributed by atoms with Gasteiger partial charge in [0.2, 0.25) is 0 Å². The number of hydrogen-bond donors (Lipinski definition) is 2. The molecule has 2 aliphatic rings. The van der Waals surface area contributed by atoms with E-state index < -0.39 is 0 Å². The zero-order chi connectivity index (χ0) is 18.6. The summed E-state index contributed by atoms with van der Waals surface area (Å²) in [7, 11) is 0. The Morgan fingerprint density at radius 2 is 1.86 bits per heavy atom. The van der Waals surface area contributed by atoms with Crippen molar-refractivity contribution < 1.29 is 14.0 Å². The highest BCUT2D eigenvalue weighted by Gasteiger charge is 2.18. The second-order valence-electron chi connectivity index (χ2n) is 7.19. The summed E-state index contributed by atoms with van der Waals surface area (Å²) >= 11 is 0. The third-order valence-electron chi connectivity index (χ3n) is 5.21. The monoisotopic (exact) mass is 405 g/mol. The number of hydrogen-bond acceptors (Lipinski definition) is 3. The van der Waals surface area contributed by atoms with Crippen molar-refractivity contribution in [2.75, 3.05) is 13.1 Å². The lowest BCUT2D eigenvalue weighted by atomic mass is 10.00. The summed E-state index contributed by atoms with van der Waals surface area (Å²) in [6.45, 7) is 3.25. The first kappa shape index (κ1) is 20.4. The van der Waals surface area contributed by atoms with Crippen LogP contribution in [-0.2, 0) is 19.5 Å². The van der Waals surface area contributed by atoms with E-state index in [0.717, 1.165) is 51.0 Å². The molecule has 7 heteroatoms. The fourth-order valence-corrected chi connectivity index (χ4v) is 3.72. The van der Waals surface area contributed by atoms with Crippen molar-refractivity contribution in [3.05, 3.63) is 64.5 Å². The minimum Gasteiger partial charge on any atom is -0.378 e. The number of carbonyl (C=O) groups is 1. The Bertz CT molecular complexity index is 840. The van der Waals surface area contributed by atoms with Crippen molar-refractivity contribution in [1.29, 1.82) is 0 Å². The Kier molecular flexibility index (Phi) is 6.75. The van der Waals surface area contributed by atoms with Crippen molar-refractivity contribution >= 4 is 18.4 Å². The third-order valence-corrected chi connectivity index (χ3v) is 5.21. The molecule has 2 amide bonds. The van der Waals surface area contributed by atoms with Crippen LogP contribution in [0.3, 0.4) is 0 Å². The number of carbonyl (C=O) groups excluding carboxylic acids is 1. The van der Waals surface area contributed by atoms with Crippen molar-refractivity contribution in [3.8, 4) is 5.75 Å². The van der Waals surface area contributed by atoms with Crippen LogP contribution in [0.15, 0.2) is 36.4 Å². The number of rotatable bonds is 4. The molecule has 150 valence electrons. The van der Waals surface area contributed by atoms with Gasteiger partial charge in [-0.2, -0.15) is 5.48 Å². The Morgan fingerprint density at radius 3 is 2.68 bits per heavy atom. The van der Waals surface area contributed by atoms with Crippen molar-refractivity contribution in [3.63, 3.8) is 0 Å². The van der Waals surface area contributed by atoms with E-state index in [4.69, 9.17) is 4.84 Å². The molecule has 0 atom stereocenters. The lowest BCUT2D eigenvalue weighted by Gasteiger charge is -2.26. The quantitative estimate of drug-likeness (QED) is 0.758. The molecular weight excluding hydrogens is 381 g/mol. The summed E-state index contributed by atoms with van der Waals surface area (Å²) in [4.78, 5) is 19.5. The number of urea groups is 1. The molecule has 0 saturated carbocycles. The van der Waals surface area contributed by atoms with Gasteiger partial charge in [-0.25, -0.2) is 9.18 Å². The Hall–Kier alpha value is -2.31. The summed E-state index contributed by atoms with van der Waals surface area (Å²) in [5, 5.41) is 3.33. The van der Waals surface area contributed by atoms with Crippen LogP contribution in [-0.4, -0.2) is 24.0 Å². The summed E-state index contributed by atoms with van der Waals surface area (Å²) < 4.78 is 13.8. The van der Waals surface area contributed by atoms with Crippen LogP contribution in [0.4, 0.5) is 9.18 Å². The first-order valence-electron chi connectivity index (χ1n) is 9.50. The van der Waals surface area contributed by atoms with E-state index in [1.165, 1.54) is 23.3 Å². The molecule has 28 heavy (non-hydrogen) atoms. The van der Waals surface area contributed by atoms with Crippen LogP contribution in [0.25, 0.3) is 0 Å². The largest absolute Gasteiger partial charge is 0.378 e.